The second-order valence-corrected chi connectivity index (χ2v) is 9.77. The van der Waals surface area contributed by atoms with Crippen molar-refractivity contribution in [3.63, 3.8) is 0 Å². The molecule has 6 nitrogen and oxygen atoms in total. The molecule has 1 aromatic rings. The Labute approximate surface area is 171 Å². The number of thioether (sulfide) groups is 1. The number of amidine groups is 1. The van der Waals surface area contributed by atoms with E-state index in [2.05, 4.69) is 32.6 Å². The van der Waals surface area contributed by atoms with Gasteiger partial charge in [-0.25, -0.2) is 4.99 Å². The highest BCUT2D eigenvalue weighted by Gasteiger charge is 2.40. The lowest BCUT2D eigenvalue weighted by Gasteiger charge is -2.37. The Morgan fingerprint density at radius 1 is 1.32 bits per heavy atom. The van der Waals surface area contributed by atoms with Crippen LogP contribution in [0.5, 0.6) is 0 Å². The van der Waals surface area contributed by atoms with Crippen molar-refractivity contribution >= 4 is 28.3 Å². The molecule has 2 fully saturated rings. The molecule has 2 aliphatic rings. The van der Waals surface area contributed by atoms with Crippen molar-refractivity contribution < 1.29 is 9.66 Å². The smallest absolute Gasteiger partial charge is 0.269 e. The first-order valence-electron chi connectivity index (χ1n) is 10.1. The van der Waals surface area contributed by atoms with Crippen LogP contribution in [0.1, 0.15) is 58.9 Å². The molecular formula is C21H31N3O3S. The Morgan fingerprint density at radius 3 is 2.57 bits per heavy atom. The molecule has 0 aromatic heterocycles. The third-order valence-corrected chi connectivity index (χ3v) is 6.44. The first-order chi connectivity index (χ1) is 13.2. The number of hydrogen-bond acceptors (Lipinski definition) is 5. The van der Waals surface area contributed by atoms with E-state index in [0.29, 0.717) is 12.1 Å². The summed E-state index contributed by atoms with van der Waals surface area (Å²) >= 11 is 1.78. The normalized spacial score (nSPS) is 23.5. The van der Waals surface area contributed by atoms with Crippen molar-refractivity contribution in [3.8, 4) is 0 Å². The van der Waals surface area contributed by atoms with Crippen LogP contribution >= 0.6 is 11.8 Å². The van der Waals surface area contributed by atoms with E-state index in [1.165, 1.54) is 31.7 Å². The highest BCUT2D eigenvalue weighted by molar-refractivity contribution is 8.14. The minimum absolute atomic E-state index is 0.109. The summed E-state index contributed by atoms with van der Waals surface area (Å²) in [6.07, 6.45) is 5.02. The molecule has 7 heteroatoms. The van der Waals surface area contributed by atoms with Crippen molar-refractivity contribution in [2.45, 2.75) is 84.1 Å². The molecule has 1 aromatic carbocycles. The molecule has 1 saturated carbocycles. The number of nitrogens with zero attached hydrogens (tertiary/aromatic N) is 3. The van der Waals surface area contributed by atoms with E-state index >= 15 is 0 Å². The van der Waals surface area contributed by atoms with E-state index in [-0.39, 0.29) is 22.3 Å². The number of non-ortho nitro benzene ring substituents is 1. The standard InChI is InChI=1S/C21H31N3O3S/c1-14-12-17(24(25)26)10-11-18(14)22-20-23(16-8-6-7-9-16)19(13-28-20)15(2)27-21(3,4)5/h10-12,15-16,19H,6-9,13H2,1-5H3/t15?,19-/m1/s1. The number of aryl methyl sites for hydroxylation is 1. The Bertz CT molecular complexity index is 754. The third kappa shape index (κ3) is 4.87. The van der Waals surface area contributed by atoms with Gasteiger partial charge in [-0.2, -0.15) is 0 Å². The lowest BCUT2D eigenvalue weighted by molar-refractivity contribution is -0.384. The van der Waals surface area contributed by atoms with Gasteiger partial charge in [0.2, 0.25) is 0 Å². The fraction of sp³-hybridized carbons (Fsp3) is 0.667. The van der Waals surface area contributed by atoms with Gasteiger partial charge in [0.15, 0.2) is 5.17 Å². The van der Waals surface area contributed by atoms with Gasteiger partial charge in [0.25, 0.3) is 5.69 Å². The molecule has 28 heavy (non-hydrogen) atoms. The Kier molecular flexibility index (Phi) is 6.34. The van der Waals surface area contributed by atoms with Gasteiger partial charge in [-0.1, -0.05) is 24.6 Å². The number of hydrogen-bond donors (Lipinski definition) is 0. The zero-order valence-electron chi connectivity index (χ0n) is 17.5. The van der Waals surface area contributed by atoms with Crippen molar-refractivity contribution in [1.29, 1.82) is 0 Å². The van der Waals surface area contributed by atoms with E-state index in [1.54, 1.807) is 23.9 Å². The average molecular weight is 406 g/mol. The number of nitro benzene ring substituents is 1. The zero-order chi connectivity index (χ0) is 20.5. The van der Waals surface area contributed by atoms with Gasteiger partial charge in [0.05, 0.1) is 28.4 Å². The van der Waals surface area contributed by atoms with Crippen LogP contribution in [0, 0.1) is 17.0 Å². The molecule has 1 heterocycles. The van der Waals surface area contributed by atoms with Gasteiger partial charge in [0.1, 0.15) is 0 Å². The summed E-state index contributed by atoms with van der Waals surface area (Å²) in [5.74, 6) is 0.957. The van der Waals surface area contributed by atoms with Crippen molar-refractivity contribution in [2.75, 3.05) is 5.75 Å². The lowest BCUT2D eigenvalue weighted by Crippen LogP contribution is -2.48. The van der Waals surface area contributed by atoms with Crippen LogP contribution in [-0.2, 0) is 4.74 Å². The molecule has 0 amide bonds. The van der Waals surface area contributed by atoms with E-state index in [1.807, 2.05) is 6.92 Å². The maximum absolute atomic E-state index is 11.0. The molecule has 0 bridgehead atoms. The molecular weight excluding hydrogens is 374 g/mol. The molecule has 2 atom stereocenters. The minimum atomic E-state index is -0.360. The van der Waals surface area contributed by atoms with Gasteiger partial charge in [-0.05, 0) is 59.1 Å². The second-order valence-electron chi connectivity index (χ2n) is 8.78. The SMILES string of the molecule is Cc1cc([N+](=O)[O-])ccc1N=C1SC[C@H](C(C)OC(C)(C)C)N1C1CCCC1. The van der Waals surface area contributed by atoms with Crippen molar-refractivity contribution in [3.05, 3.63) is 33.9 Å². The van der Waals surface area contributed by atoms with Crippen LogP contribution in [0.3, 0.4) is 0 Å². The minimum Gasteiger partial charge on any atom is -0.371 e. The van der Waals surface area contributed by atoms with E-state index in [0.717, 1.165) is 22.2 Å². The summed E-state index contributed by atoms with van der Waals surface area (Å²) in [5.41, 5.74) is 1.57. The lowest BCUT2D eigenvalue weighted by atomic mass is 10.1. The zero-order valence-corrected chi connectivity index (χ0v) is 18.3. The van der Waals surface area contributed by atoms with Crippen LogP contribution in [0.25, 0.3) is 0 Å². The molecule has 0 spiro atoms. The first-order valence-corrected chi connectivity index (χ1v) is 11.1. The summed E-state index contributed by atoms with van der Waals surface area (Å²) in [5, 5.41) is 12.0. The highest BCUT2D eigenvalue weighted by atomic mass is 32.2. The highest BCUT2D eigenvalue weighted by Crippen LogP contribution is 2.38. The van der Waals surface area contributed by atoms with Crippen LogP contribution in [0.4, 0.5) is 11.4 Å². The van der Waals surface area contributed by atoms with Crippen LogP contribution in [0.2, 0.25) is 0 Å². The summed E-state index contributed by atoms with van der Waals surface area (Å²) in [4.78, 5) is 18.1. The topological polar surface area (TPSA) is 68.0 Å². The molecule has 1 aliphatic heterocycles. The predicted octanol–water partition coefficient (Wildman–Crippen LogP) is 5.45. The molecule has 154 valence electrons. The first kappa shape index (κ1) is 21.1. The van der Waals surface area contributed by atoms with Crippen LogP contribution in [-0.4, -0.2) is 44.5 Å². The number of ether oxygens (including phenoxy) is 1. The van der Waals surface area contributed by atoms with E-state index in [4.69, 9.17) is 9.73 Å². The number of aliphatic imine (C=N–C) groups is 1. The largest absolute Gasteiger partial charge is 0.371 e. The summed E-state index contributed by atoms with van der Waals surface area (Å²) in [7, 11) is 0. The fourth-order valence-corrected chi connectivity index (χ4v) is 5.48. The average Bonchev–Trinajstić information content (AvgIpc) is 3.24. The van der Waals surface area contributed by atoms with Gasteiger partial charge in [0, 0.05) is 23.9 Å². The monoisotopic (exact) mass is 405 g/mol. The van der Waals surface area contributed by atoms with Crippen molar-refractivity contribution in [1.82, 2.24) is 4.90 Å². The molecule has 1 unspecified atom stereocenters. The molecule has 0 radical (unpaired) electrons. The second kappa shape index (κ2) is 8.41. The Hall–Kier alpha value is -1.60. The molecule has 1 aliphatic carbocycles. The van der Waals surface area contributed by atoms with Crippen molar-refractivity contribution in [2.24, 2.45) is 4.99 Å². The molecule has 3 rings (SSSR count). The number of benzene rings is 1. The van der Waals surface area contributed by atoms with Gasteiger partial charge < -0.3 is 9.64 Å². The third-order valence-electron chi connectivity index (χ3n) is 5.37. The molecule has 1 saturated heterocycles. The van der Waals surface area contributed by atoms with E-state index in [9.17, 15) is 10.1 Å². The van der Waals surface area contributed by atoms with E-state index < -0.39 is 0 Å². The maximum atomic E-state index is 11.0. The predicted molar refractivity (Wildman–Crippen MR) is 116 cm³/mol. The quantitative estimate of drug-likeness (QED) is 0.481. The maximum Gasteiger partial charge on any atom is 0.269 e. The summed E-state index contributed by atoms with van der Waals surface area (Å²) in [6, 6.07) is 5.69. The van der Waals surface area contributed by atoms with Gasteiger partial charge in [-0.3, -0.25) is 10.1 Å². The number of nitro groups is 1. The van der Waals surface area contributed by atoms with Crippen LogP contribution < -0.4 is 0 Å². The Morgan fingerprint density at radius 2 is 2.00 bits per heavy atom. The van der Waals surface area contributed by atoms with Crippen LogP contribution in [0.15, 0.2) is 23.2 Å². The Balaban J connectivity index is 1.89. The summed E-state index contributed by atoms with van der Waals surface area (Å²) < 4.78 is 6.29. The summed E-state index contributed by atoms with van der Waals surface area (Å²) in [6.45, 7) is 10.3. The fourth-order valence-electron chi connectivity index (χ4n) is 4.14. The van der Waals surface area contributed by atoms with Gasteiger partial charge >= 0.3 is 0 Å². The molecule has 0 N–H and O–H groups in total. The number of rotatable bonds is 5. The van der Waals surface area contributed by atoms with Gasteiger partial charge in [-0.15, -0.1) is 0 Å².